The Morgan fingerprint density at radius 1 is 1.00 bits per heavy atom. The standard InChI is InChI=1S/C22H30N2O4S/c1-3-5-16-28-17-10-15-23-22(25)19-11-9-14-21(18-19)29(26,27)24(4-2)20-12-7-6-8-13-20/h6-9,11-14,18H,3-5,10,15-17H2,1-2H3,(H,23,25). The fourth-order valence-electron chi connectivity index (χ4n) is 2.84. The highest BCUT2D eigenvalue weighted by Gasteiger charge is 2.24. The van der Waals surface area contributed by atoms with E-state index in [1.165, 1.54) is 16.4 Å². The summed E-state index contributed by atoms with van der Waals surface area (Å²) in [6.45, 7) is 5.99. The van der Waals surface area contributed by atoms with Gasteiger partial charge in [-0.15, -0.1) is 0 Å². The van der Waals surface area contributed by atoms with Crippen molar-refractivity contribution in [2.24, 2.45) is 0 Å². The summed E-state index contributed by atoms with van der Waals surface area (Å²) < 4.78 is 33.0. The van der Waals surface area contributed by atoms with Crippen LogP contribution >= 0.6 is 0 Å². The Kier molecular flexibility index (Phi) is 9.15. The van der Waals surface area contributed by atoms with Crippen LogP contribution in [0.4, 0.5) is 5.69 Å². The number of rotatable bonds is 12. The van der Waals surface area contributed by atoms with Gasteiger partial charge in [-0.05, 0) is 50.1 Å². The summed E-state index contributed by atoms with van der Waals surface area (Å²) in [4.78, 5) is 12.5. The Morgan fingerprint density at radius 3 is 2.41 bits per heavy atom. The highest BCUT2D eigenvalue weighted by molar-refractivity contribution is 7.92. The van der Waals surface area contributed by atoms with Gasteiger partial charge in [-0.3, -0.25) is 9.10 Å². The highest BCUT2D eigenvalue weighted by Crippen LogP contribution is 2.23. The summed E-state index contributed by atoms with van der Waals surface area (Å²) in [5.41, 5.74) is 0.912. The van der Waals surface area contributed by atoms with Crippen molar-refractivity contribution in [3.05, 3.63) is 60.2 Å². The maximum Gasteiger partial charge on any atom is 0.264 e. The Morgan fingerprint density at radius 2 is 1.72 bits per heavy atom. The molecule has 0 unspecified atom stereocenters. The molecule has 2 aromatic carbocycles. The Bertz CT molecular complexity index is 869. The van der Waals surface area contributed by atoms with Crippen LogP contribution in [0.25, 0.3) is 0 Å². The number of nitrogens with one attached hydrogen (secondary N) is 1. The van der Waals surface area contributed by atoms with Crippen molar-refractivity contribution in [1.29, 1.82) is 0 Å². The zero-order chi connectivity index (χ0) is 21.1. The largest absolute Gasteiger partial charge is 0.381 e. The number of carbonyl (C=O) groups is 1. The molecular formula is C22H30N2O4S. The average Bonchev–Trinajstić information content (AvgIpc) is 2.74. The normalized spacial score (nSPS) is 11.2. The predicted octanol–water partition coefficient (Wildman–Crippen LogP) is 3.84. The molecule has 29 heavy (non-hydrogen) atoms. The number of hydrogen-bond acceptors (Lipinski definition) is 4. The summed E-state index contributed by atoms with van der Waals surface area (Å²) >= 11 is 0. The van der Waals surface area contributed by atoms with Crippen LogP contribution in [-0.2, 0) is 14.8 Å². The number of ether oxygens (including phenoxy) is 1. The third-order valence-corrected chi connectivity index (χ3v) is 6.31. The van der Waals surface area contributed by atoms with Crippen LogP contribution < -0.4 is 9.62 Å². The number of hydrogen-bond donors (Lipinski definition) is 1. The van der Waals surface area contributed by atoms with Crippen LogP contribution in [0.1, 0.15) is 43.5 Å². The number of unbranched alkanes of at least 4 members (excludes halogenated alkanes) is 1. The van der Waals surface area contributed by atoms with Crippen LogP contribution in [0.2, 0.25) is 0 Å². The molecule has 1 N–H and O–H groups in total. The van der Waals surface area contributed by atoms with E-state index in [9.17, 15) is 13.2 Å². The summed E-state index contributed by atoms with van der Waals surface area (Å²) in [7, 11) is -3.76. The van der Waals surface area contributed by atoms with Gasteiger partial charge in [0, 0.05) is 31.9 Å². The maximum atomic E-state index is 13.1. The van der Waals surface area contributed by atoms with E-state index in [2.05, 4.69) is 12.2 Å². The van der Waals surface area contributed by atoms with E-state index in [0.717, 1.165) is 19.4 Å². The summed E-state index contributed by atoms with van der Waals surface area (Å²) in [6.07, 6.45) is 2.84. The first-order valence-electron chi connectivity index (χ1n) is 10.0. The van der Waals surface area contributed by atoms with Gasteiger partial charge >= 0.3 is 0 Å². The van der Waals surface area contributed by atoms with Gasteiger partial charge < -0.3 is 10.1 Å². The number of nitrogens with zero attached hydrogens (tertiary/aromatic N) is 1. The second-order valence-electron chi connectivity index (χ2n) is 6.61. The molecule has 0 aromatic heterocycles. The minimum Gasteiger partial charge on any atom is -0.381 e. The van der Waals surface area contributed by atoms with Crippen LogP contribution in [0, 0.1) is 0 Å². The van der Waals surface area contributed by atoms with E-state index in [1.807, 2.05) is 6.07 Å². The minimum absolute atomic E-state index is 0.0961. The number of benzene rings is 2. The molecule has 0 saturated carbocycles. The van der Waals surface area contributed by atoms with Gasteiger partial charge in [-0.25, -0.2) is 8.42 Å². The number of para-hydroxylation sites is 1. The number of anilines is 1. The van der Waals surface area contributed by atoms with Crippen molar-refractivity contribution in [1.82, 2.24) is 5.32 Å². The first-order valence-corrected chi connectivity index (χ1v) is 11.5. The molecule has 0 radical (unpaired) electrons. The monoisotopic (exact) mass is 418 g/mol. The lowest BCUT2D eigenvalue weighted by Crippen LogP contribution is -2.31. The number of carbonyl (C=O) groups excluding carboxylic acids is 1. The molecule has 0 aliphatic carbocycles. The van der Waals surface area contributed by atoms with E-state index < -0.39 is 10.0 Å². The molecule has 6 nitrogen and oxygen atoms in total. The van der Waals surface area contributed by atoms with Gasteiger partial charge in [0.2, 0.25) is 0 Å². The molecule has 0 bridgehead atoms. The minimum atomic E-state index is -3.76. The van der Waals surface area contributed by atoms with Crippen molar-refractivity contribution in [2.75, 3.05) is 30.6 Å². The summed E-state index contributed by atoms with van der Waals surface area (Å²) in [6, 6.07) is 15.1. The lowest BCUT2D eigenvalue weighted by atomic mass is 10.2. The first-order chi connectivity index (χ1) is 14.0. The third-order valence-electron chi connectivity index (χ3n) is 4.41. The van der Waals surface area contributed by atoms with Crippen molar-refractivity contribution in [2.45, 2.75) is 38.0 Å². The lowest BCUT2D eigenvalue weighted by molar-refractivity contribution is 0.0940. The SMILES string of the molecule is CCCCOCCCNC(=O)c1cccc(S(=O)(=O)N(CC)c2ccccc2)c1. The van der Waals surface area contributed by atoms with Crippen LogP contribution in [-0.4, -0.2) is 40.6 Å². The third kappa shape index (κ3) is 6.58. The molecule has 0 spiro atoms. The number of sulfonamides is 1. The topological polar surface area (TPSA) is 75.7 Å². The van der Waals surface area contributed by atoms with Gasteiger partial charge in [0.05, 0.1) is 10.6 Å². The molecule has 0 atom stereocenters. The Hall–Kier alpha value is -2.38. The molecule has 1 amide bonds. The molecule has 7 heteroatoms. The molecule has 0 saturated heterocycles. The molecule has 0 aliphatic rings. The molecule has 2 rings (SSSR count). The van der Waals surface area contributed by atoms with Crippen molar-refractivity contribution < 1.29 is 17.9 Å². The fourth-order valence-corrected chi connectivity index (χ4v) is 4.36. The molecule has 0 fully saturated rings. The van der Waals surface area contributed by atoms with Gasteiger partial charge in [0.25, 0.3) is 15.9 Å². The van der Waals surface area contributed by atoms with E-state index in [1.54, 1.807) is 43.3 Å². The second kappa shape index (κ2) is 11.6. The summed E-state index contributed by atoms with van der Waals surface area (Å²) in [5, 5.41) is 2.82. The van der Waals surface area contributed by atoms with E-state index >= 15 is 0 Å². The maximum absolute atomic E-state index is 13.1. The molecule has 0 aliphatic heterocycles. The fraction of sp³-hybridized carbons (Fsp3) is 0.409. The van der Waals surface area contributed by atoms with Crippen molar-refractivity contribution in [3.63, 3.8) is 0 Å². The molecular weight excluding hydrogens is 388 g/mol. The van der Waals surface area contributed by atoms with Crippen molar-refractivity contribution >= 4 is 21.6 Å². The predicted molar refractivity (Wildman–Crippen MR) is 116 cm³/mol. The Labute approximate surface area is 173 Å². The highest BCUT2D eigenvalue weighted by atomic mass is 32.2. The van der Waals surface area contributed by atoms with Crippen LogP contribution in [0.5, 0.6) is 0 Å². The summed E-state index contributed by atoms with van der Waals surface area (Å²) in [5.74, 6) is -0.293. The van der Waals surface area contributed by atoms with Gasteiger partial charge in [-0.1, -0.05) is 37.6 Å². The van der Waals surface area contributed by atoms with Crippen molar-refractivity contribution in [3.8, 4) is 0 Å². The van der Waals surface area contributed by atoms with E-state index in [4.69, 9.17) is 4.74 Å². The van der Waals surface area contributed by atoms with Crippen LogP contribution in [0.3, 0.4) is 0 Å². The zero-order valence-corrected chi connectivity index (χ0v) is 18.0. The average molecular weight is 419 g/mol. The van der Waals surface area contributed by atoms with Gasteiger partial charge in [0.1, 0.15) is 0 Å². The smallest absolute Gasteiger partial charge is 0.264 e. The van der Waals surface area contributed by atoms with E-state index in [-0.39, 0.29) is 10.8 Å². The lowest BCUT2D eigenvalue weighted by Gasteiger charge is -2.23. The second-order valence-corrected chi connectivity index (χ2v) is 8.47. The van der Waals surface area contributed by atoms with E-state index in [0.29, 0.717) is 37.4 Å². The zero-order valence-electron chi connectivity index (χ0n) is 17.1. The quantitative estimate of drug-likeness (QED) is 0.532. The molecule has 2 aromatic rings. The van der Waals surface area contributed by atoms with Crippen LogP contribution in [0.15, 0.2) is 59.5 Å². The molecule has 0 heterocycles. The van der Waals surface area contributed by atoms with Gasteiger partial charge in [0.15, 0.2) is 0 Å². The first kappa shape index (κ1) is 22.9. The van der Waals surface area contributed by atoms with Gasteiger partial charge in [-0.2, -0.15) is 0 Å². The molecule has 158 valence electrons. The number of amides is 1. The Balaban J connectivity index is 2.03.